The van der Waals surface area contributed by atoms with Gasteiger partial charge in [0, 0.05) is 17.5 Å². The molecular formula is C26H23FN4O. The van der Waals surface area contributed by atoms with Gasteiger partial charge < -0.3 is 10.2 Å². The van der Waals surface area contributed by atoms with E-state index in [9.17, 15) is 4.39 Å². The molecule has 0 spiro atoms. The van der Waals surface area contributed by atoms with Crippen LogP contribution < -0.4 is 5.32 Å². The van der Waals surface area contributed by atoms with E-state index in [1.807, 2.05) is 68.5 Å². The van der Waals surface area contributed by atoms with Gasteiger partial charge in [-0.15, -0.1) is 5.06 Å². The minimum atomic E-state index is -0.300. The van der Waals surface area contributed by atoms with Crippen LogP contribution in [0.4, 0.5) is 15.8 Å². The molecule has 1 N–H and O–H groups in total. The molecule has 0 saturated carbocycles. The number of nitrogens with one attached hydrogen (secondary N) is 1. The first kappa shape index (κ1) is 21.1. The first-order valence-corrected chi connectivity index (χ1v) is 10.2. The standard InChI is InChI=1S/C26H23FN4O/c1-19-9-8-10-20(2)24(19)25(28-23-15-13-21(27)14-16-23)30-26(31-17-6-7-18-32-31)29-22-11-4-3-5-12-22/h3-18H,1-2H3,(H,28,29,30). The maximum atomic E-state index is 13.5. The van der Waals surface area contributed by atoms with Crippen molar-refractivity contribution in [3.05, 3.63) is 120 Å². The molecule has 1 aliphatic rings. The van der Waals surface area contributed by atoms with E-state index >= 15 is 0 Å². The molecule has 3 aromatic carbocycles. The van der Waals surface area contributed by atoms with Crippen molar-refractivity contribution < 1.29 is 9.23 Å². The number of aryl methyl sites for hydroxylation is 2. The van der Waals surface area contributed by atoms with E-state index in [1.54, 1.807) is 30.7 Å². The SMILES string of the molecule is Cc1cccc(C)c1C(=NC(=Nc1ccccc1)N1C=CC=CO1)Nc1ccc(F)cc1. The molecular weight excluding hydrogens is 403 g/mol. The molecule has 0 radical (unpaired) electrons. The van der Waals surface area contributed by atoms with E-state index in [1.165, 1.54) is 17.2 Å². The van der Waals surface area contributed by atoms with Crippen LogP contribution in [0.1, 0.15) is 16.7 Å². The number of amidine groups is 1. The molecule has 0 aliphatic carbocycles. The van der Waals surface area contributed by atoms with Crippen LogP contribution in [-0.2, 0) is 4.84 Å². The number of benzene rings is 3. The number of nitrogens with zero attached hydrogens (tertiary/aromatic N) is 3. The van der Waals surface area contributed by atoms with Crippen molar-refractivity contribution in [2.24, 2.45) is 9.98 Å². The topological polar surface area (TPSA) is 49.2 Å². The number of hydrogen-bond donors (Lipinski definition) is 1. The monoisotopic (exact) mass is 426 g/mol. The van der Waals surface area contributed by atoms with Gasteiger partial charge >= 0.3 is 0 Å². The van der Waals surface area contributed by atoms with E-state index in [-0.39, 0.29) is 5.82 Å². The number of para-hydroxylation sites is 1. The van der Waals surface area contributed by atoms with Crippen molar-refractivity contribution in [3.63, 3.8) is 0 Å². The summed E-state index contributed by atoms with van der Waals surface area (Å²) >= 11 is 0. The maximum absolute atomic E-state index is 13.5. The average Bonchev–Trinajstić information content (AvgIpc) is 2.81. The third kappa shape index (κ3) is 5.10. The second kappa shape index (κ2) is 9.75. The number of halogens is 1. The fourth-order valence-electron chi connectivity index (χ4n) is 3.27. The highest BCUT2D eigenvalue weighted by Gasteiger charge is 2.16. The Kier molecular flexibility index (Phi) is 6.41. The predicted molar refractivity (Wildman–Crippen MR) is 127 cm³/mol. The molecule has 3 aromatic rings. The Bertz CT molecular complexity index is 1180. The van der Waals surface area contributed by atoms with Crippen molar-refractivity contribution in [2.45, 2.75) is 13.8 Å². The predicted octanol–water partition coefficient (Wildman–Crippen LogP) is 6.26. The third-order valence-electron chi connectivity index (χ3n) is 4.80. The lowest BCUT2D eigenvalue weighted by Gasteiger charge is -2.21. The summed E-state index contributed by atoms with van der Waals surface area (Å²) in [5.74, 6) is 0.614. The minimum absolute atomic E-state index is 0.300. The van der Waals surface area contributed by atoms with E-state index in [0.717, 1.165) is 22.4 Å². The highest BCUT2D eigenvalue weighted by Crippen LogP contribution is 2.20. The van der Waals surface area contributed by atoms with Gasteiger partial charge in [0.2, 0.25) is 0 Å². The summed E-state index contributed by atoms with van der Waals surface area (Å²) in [5, 5.41) is 4.83. The first-order chi connectivity index (χ1) is 15.6. The first-order valence-electron chi connectivity index (χ1n) is 10.2. The van der Waals surface area contributed by atoms with Crippen LogP contribution in [0.25, 0.3) is 0 Å². The summed E-state index contributed by atoms with van der Waals surface area (Å²) < 4.78 is 13.5. The average molecular weight is 426 g/mol. The summed E-state index contributed by atoms with van der Waals surface area (Å²) in [4.78, 5) is 15.2. The lowest BCUT2D eigenvalue weighted by atomic mass is 10.0. The number of allylic oxidation sites excluding steroid dienone is 2. The normalized spacial score (nSPS) is 13.8. The maximum Gasteiger partial charge on any atom is 0.266 e. The van der Waals surface area contributed by atoms with Crippen LogP contribution in [0.3, 0.4) is 0 Å². The summed E-state index contributed by atoms with van der Waals surface area (Å²) in [5.41, 5.74) is 4.48. The highest BCUT2D eigenvalue weighted by molar-refractivity contribution is 6.14. The molecule has 160 valence electrons. The number of aliphatic imine (C=N–C) groups is 2. The van der Waals surface area contributed by atoms with E-state index in [4.69, 9.17) is 14.8 Å². The van der Waals surface area contributed by atoms with Gasteiger partial charge in [0.1, 0.15) is 17.9 Å². The zero-order valence-corrected chi connectivity index (χ0v) is 17.9. The minimum Gasteiger partial charge on any atom is -0.380 e. The molecule has 0 bridgehead atoms. The van der Waals surface area contributed by atoms with Crippen LogP contribution in [0.5, 0.6) is 0 Å². The molecule has 6 heteroatoms. The summed E-state index contributed by atoms with van der Waals surface area (Å²) in [7, 11) is 0. The van der Waals surface area contributed by atoms with Crippen molar-refractivity contribution in [3.8, 4) is 0 Å². The summed E-state index contributed by atoms with van der Waals surface area (Å²) in [6, 6.07) is 21.8. The third-order valence-corrected chi connectivity index (χ3v) is 4.80. The van der Waals surface area contributed by atoms with Gasteiger partial charge in [-0.3, -0.25) is 0 Å². The molecule has 0 unspecified atom stereocenters. The molecule has 0 saturated heterocycles. The molecule has 1 aliphatic heterocycles. The largest absolute Gasteiger partial charge is 0.380 e. The Morgan fingerprint density at radius 2 is 1.59 bits per heavy atom. The van der Waals surface area contributed by atoms with Gasteiger partial charge in [0.25, 0.3) is 5.96 Å². The Hall–Kier alpha value is -4.19. The number of rotatable bonds is 3. The Morgan fingerprint density at radius 3 is 2.25 bits per heavy atom. The summed E-state index contributed by atoms with van der Waals surface area (Å²) in [6.45, 7) is 4.05. The fourth-order valence-corrected chi connectivity index (χ4v) is 3.27. The van der Waals surface area contributed by atoms with Crippen LogP contribution in [0.2, 0.25) is 0 Å². The molecule has 0 fully saturated rings. The highest BCUT2D eigenvalue weighted by atomic mass is 19.1. The lowest BCUT2D eigenvalue weighted by Crippen LogP contribution is -2.27. The van der Waals surface area contributed by atoms with Crippen molar-refractivity contribution in [2.75, 3.05) is 5.32 Å². The van der Waals surface area contributed by atoms with E-state index < -0.39 is 0 Å². The molecule has 32 heavy (non-hydrogen) atoms. The zero-order valence-electron chi connectivity index (χ0n) is 17.9. The quantitative estimate of drug-likeness (QED) is 0.397. The fraction of sp³-hybridized carbons (Fsp3) is 0.0769. The van der Waals surface area contributed by atoms with Crippen molar-refractivity contribution in [1.29, 1.82) is 0 Å². The van der Waals surface area contributed by atoms with E-state index in [0.29, 0.717) is 17.5 Å². The number of hydroxylamine groups is 2. The van der Waals surface area contributed by atoms with Crippen molar-refractivity contribution in [1.82, 2.24) is 5.06 Å². The molecule has 4 rings (SSSR count). The van der Waals surface area contributed by atoms with E-state index in [2.05, 4.69) is 5.32 Å². The van der Waals surface area contributed by atoms with Gasteiger partial charge in [0.05, 0.1) is 5.69 Å². The van der Waals surface area contributed by atoms with Crippen LogP contribution in [-0.4, -0.2) is 16.9 Å². The van der Waals surface area contributed by atoms with Crippen LogP contribution in [0, 0.1) is 19.7 Å². The smallest absolute Gasteiger partial charge is 0.266 e. The van der Waals surface area contributed by atoms with Gasteiger partial charge in [0.15, 0.2) is 0 Å². The van der Waals surface area contributed by atoms with Gasteiger partial charge in [-0.2, -0.15) is 4.99 Å². The molecule has 0 atom stereocenters. The second-order valence-electron chi connectivity index (χ2n) is 7.21. The molecule has 0 amide bonds. The summed E-state index contributed by atoms with van der Waals surface area (Å²) in [6.07, 6.45) is 6.92. The van der Waals surface area contributed by atoms with Crippen LogP contribution >= 0.6 is 0 Å². The Balaban J connectivity index is 1.84. The Labute approximate surface area is 186 Å². The lowest BCUT2D eigenvalue weighted by molar-refractivity contribution is 0.0109. The number of hydrogen-bond acceptors (Lipinski definition) is 2. The van der Waals surface area contributed by atoms with Gasteiger partial charge in [-0.1, -0.05) is 36.4 Å². The molecule has 5 nitrogen and oxygen atoms in total. The Morgan fingerprint density at radius 1 is 0.875 bits per heavy atom. The van der Waals surface area contributed by atoms with Gasteiger partial charge in [-0.25, -0.2) is 9.38 Å². The second-order valence-corrected chi connectivity index (χ2v) is 7.21. The molecule has 0 aromatic heterocycles. The zero-order chi connectivity index (χ0) is 22.3. The van der Waals surface area contributed by atoms with Gasteiger partial charge in [-0.05, 0) is 73.5 Å². The number of anilines is 1. The molecule has 1 heterocycles. The van der Waals surface area contributed by atoms with Crippen molar-refractivity contribution >= 4 is 23.2 Å². The van der Waals surface area contributed by atoms with Crippen LogP contribution in [0.15, 0.2) is 107 Å². The number of guanidine groups is 1.